The number of hydrogen-bond acceptors (Lipinski definition) is 4. The Bertz CT molecular complexity index is 863. The van der Waals surface area contributed by atoms with E-state index >= 15 is 0 Å². The molecule has 0 saturated carbocycles. The molecule has 2 aliphatic heterocycles. The number of fused-ring (bicyclic) bond motifs is 1. The van der Waals surface area contributed by atoms with E-state index in [-0.39, 0.29) is 12.5 Å². The summed E-state index contributed by atoms with van der Waals surface area (Å²) in [4.78, 5) is 18.2. The summed E-state index contributed by atoms with van der Waals surface area (Å²) < 4.78 is 5.39. The van der Waals surface area contributed by atoms with E-state index in [9.17, 15) is 9.90 Å². The van der Waals surface area contributed by atoms with Crippen molar-refractivity contribution in [1.29, 1.82) is 0 Å². The monoisotopic (exact) mass is 353 g/mol. The molecule has 6 heteroatoms. The molecule has 1 amide bonds. The van der Waals surface area contributed by atoms with E-state index in [1.165, 1.54) is 5.56 Å². The van der Waals surface area contributed by atoms with Crippen LogP contribution in [0.2, 0.25) is 0 Å². The summed E-state index contributed by atoms with van der Waals surface area (Å²) in [5.74, 6) is -0.100. The number of aliphatic hydroxyl groups is 1. The Morgan fingerprint density at radius 1 is 1.23 bits per heavy atom. The summed E-state index contributed by atoms with van der Waals surface area (Å²) in [6, 6.07) is 7.66. The third kappa shape index (κ3) is 3.19. The Morgan fingerprint density at radius 3 is 2.81 bits per heavy atom. The van der Waals surface area contributed by atoms with E-state index in [0.717, 1.165) is 60.9 Å². The number of aromatic nitrogens is 1. The molecule has 0 bridgehead atoms. The van der Waals surface area contributed by atoms with Gasteiger partial charge in [0.1, 0.15) is 0 Å². The minimum Gasteiger partial charge on any atom is -0.392 e. The van der Waals surface area contributed by atoms with Crippen LogP contribution in [0.3, 0.4) is 0 Å². The quantitative estimate of drug-likeness (QED) is 0.737. The van der Waals surface area contributed by atoms with Gasteiger partial charge in [0.05, 0.1) is 25.4 Å². The number of nitrogens with one attached hydrogen (secondary N) is 2. The molecule has 1 saturated heterocycles. The number of anilines is 1. The highest BCUT2D eigenvalue weighted by atomic mass is 16.5. The highest BCUT2D eigenvalue weighted by molar-refractivity contribution is 6.36. The van der Waals surface area contributed by atoms with Crippen LogP contribution in [-0.2, 0) is 22.7 Å². The predicted octanol–water partition coefficient (Wildman–Crippen LogP) is 2.22. The molecule has 0 atom stereocenters. The summed E-state index contributed by atoms with van der Waals surface area (Å²) >= 11 is 0. The smallest absolute Gasteiger partial charge is 0.256 e. The first-order chi connectivity index (χ1) is 12.7. The molecule has 1 aromatic carbocycles. The number of benzene rings is 1. The Kier molecular flexibility index (Phi) is 4.63. The van der Waals surface area contributed by atoms with Crippen LogP contribution >= 0.6 is 0 Å². The number of nitrogens with zero attached hydrogens (tertiary/aromatic N) is 1. The summed E-state index contributed by atoms with van der Waals surface area (Å²) in [6.45, 7) is 6.25. The van der Waals surface area contributed by atoms with Crippen LogP contribution in [0.5, 0.6) is 0 Å². The molecule has 0 radical (unpaired) electrons. The molecule has 0 spiro atoms. The fourth-order valence-electron chi connectivity index (χ4n) is 3.58. The molecule has 0 aliphatic carbocycles. The van der Waals surface area contributed by atoms with E-state index in [4.69, 9.17) is 4.74 Å². The SMILES string of the molecule is CC(=C1C(=O)Nc2ccc(CO)cc21)c1cc(CN2CCOCC2)c[nH]1. The Morgan fingerprint density at radius 2 is 2.04 bits per heavy atom. The normalized spacial score (nSPS) is 19.4. The first-order valence-corrected chi connectivity index (χ1v) is 8.90. The van der Waals surface area contributed by atoms with Crippen molar-refractivity contribution >= 4 is 22.7 Å². The van der Waals surface area contributed by atoms with Crippen LogP contribution in [0, 0.1) is 0 Å². The van der Waals surface area contributed by atoms with Gasteiger partial charge in [-0.25, -0.2) is 0 Å². The van der Waals surface area contributed by atoms with Gasteiger partial charge in [0.15, 0.2) is 0 Å². The second-order valence-electron chi connectivity index (χ2n) is 6.80. The summed E-state index contributed by atoms with van der Waals surface area (Å²) in [5.41, 5.74) is 6.15. The van der Waals surface area contributed by atoms with Crippen LogP contribution in [0.15, 0.2) is 30.5 Å². The second-order valence-corrected chi connectivity index (χ2v) is 6.80. The number of aliphatic hydroxyl groups excluding tert-OH is 1. The van der Waals surface area contributed by atoms with Gasteiger partial charge < -0.3 is 20.1 Å². The van der Waals surface area contributed by atoms with Crippen molar-refractivity contribution in [1.82, 2.24) is 9.88 Å². The number of carbonyl (C=O) groups is 1. The average molecular weight is 353 g/mol. The Hall–Kier alpha value is -2.41. The Balaban J connectivity index is 1.63. The molecule has 136 valence electrons. The van der Waals surface area contributed by atoms with Crippen molar-refractivity contribution in [2.45, 2.75) is 20.1 Å². The molecule has 2 aromatic rings. The first kappa shape index (κ1) is 17.0. The van der Waals surface area contributed by atoms with Crippen LogP contribution in [-0.4, -0.2) is 47.2 Å². The van der Waals surface area contributed by atoms with Crippen LogP contribution in [0.4, 0.5) is 5.69 Å². The number of morpholine rings is 1. The van der Waals surface area contributed by atoms with Gasteiger partial charge in [-0.05, 0) is 41.8 Å². The van der Waals surface area contributed by atoms with Crippen molar-refractivity contribution in [3.63, 3.8) is 0 Å². The number of H-pyrrole nitrogens is 1. The maximum Gasteiger partial charge on any atom is 0.256 e. The van der Waals surface area contributed by atoms with Gasteiger partial charge in [0.25, 0.3) is 5.91 Å². The first-order valence-electron chi connectivity index (χ1n) is 8.90. The molecular weight excluding hydrogens is 330 g/mol. The van der Waals surface area contributed by atoms with Crippen molar-refractivity contribution in [2.75, 3.05) is 31.6 Å². The summed E-state index contributed by atoms with van der Waals surface area (Å²) in [6.07, 6.45) is 2.01. The summed E-state index contributed by atoms with van der Waals surface area (Å²) in [7, 11) is 0. The fraction of sp³-hybridized carbons (Fsp3) is 0.350. The molecule has 3 N–H and O–H groups in total. The molecular formula is C20H23N3O3. The number of carbonyl (C=O) groups excluding carboxylic acids is 1. The largest absolute Gasteiger partial charge is 0.392 e. The lowest BCUT2D eigenvalue weighted by Gasteiger charge is -2.25. The van der Waals surface area contributed by atoms with E-state index in [1.807, 2.05) is 31.3 Å². The van der Waals surface area contributed by atoms with Crippen LogP contribution in [0.25, 0.3) is 11.1 Å². The predicted molar refractivity (Wildman–Crippen MR) is 100 cm³/mol. The lowest BCUT2D eigenvalue weighted by Crippen LogP contribution is -2.35. The van der Waals surface area contributed by atoms with Gasteiger partial charge in [-0.2, -0.15) is 0 Å². The van der Waals surface area contributed by atoms with Crippen molar-refractivity contribution in [3.05, 3.63) is 52.8 Å². The fourth-order valence-corrected chi connectivity index (χ4v) is 3.58. The summed E-state index contributed by atoms with van der Waals surface area (Å²) in [5, 5.41) is 12.3. The van der Waals surface area contributed by atoms with E-state index in [2.05, 4.69) is 21.3 Å². The number of amides is 1. The number of allylic oxidation sites excluding steroid dienone is 1. The molecule has 3 heterocycles. The number of hydrogen-bond donors (Lipinski definition) is 3. The molecule has 1 aromatic heterocycles. The third-order valence-electron chi connectivity index (χ3n) is 5.04. The minimum absolute atomic E-state index is 0.0417. The lowest BCUT2D eigenvalue weighted by atomic mass is 9.98. The third-order valence-corrected chi connectivity index (χ3v) is 5.04. The number of aromatic amines is 1. The van der Waals surface area contributed by atoms with E-state index in [1.54, 1.807) is 0 Å². The van der Waals surface area contributed by atoms with Crippen molar-refractivity contribution in [2.24, 2.45) is 0 Å². The van der Waals surface area contributed by atoms with Crippen LogP contribution < -0.4 is 5.32 Å². The highest BCUT2D eigenvalue weighted by Gasteiger charge is 2.27. The average Bonchev–Trinajstić information content (AvgIpc) is 3.25. The van der Waals surface area contributed by atoms with Gasteiger partial charge >= 0.3 is 0 Å². The van der Waals surface area contributed by atoms with Crippen LogP contribution in [0.1, 0.15) is 29.3 Å². The van der Waals surface area contributed by atoms with Gasteiger partial charge in [0, 0.05) is 42.8 Å². The molecule has 26 heavy (non-hydrogen) atoms. The lowest BCUT2D eigenvalue weighted by molar-refractivity contribution is -0.110. The molecule has 1 fully saturated rings. The highest BCUT2D eigenvalue weighted by Crippen LogP contribution is 2.37. The van der Waals surface area contributed by atoms with Gasteiger partial charge in [-0.1, -0.05) is 6.07 Å². The minimum atomic E-state index is -0.100. The zero-order chi connectivity index (χ0) is 18.1. The molecule has 4 rings (SSSR count). The maximum absolute atomic E-state index is 12.5. The molecule has 6 nitrogen and oxygen atoms in total. The molecule has 2 aliphatic rings. The molecule has 0 unspecified atom stereocenters. The topological polar surface area (TPSA) is 77.6 Å². The van der Waals surface area contributed by atoms with E-state index < -0.39 is 0 Å². The number of rotatable bonds is 4. The maximum atomic E-state index is 12.5. The standard InChI is InChI=1S/C20H23N3O3/c1-13(18-9-15(10-21-18)11-23-4-6-26-7-5-23)19-16-8-14(12-24)2-3-17(16)22-20(19)25/h2-3,8-10,21,24H,4-7,11-12H2,1H3,(H,22,25). The van der Waals surface area contributed by atoms with Gasteiger partial charge in [-0.15, -0.1) is 0 Å². The zero-order valence-electron chi connectivity index (χ0n) is 14.8. The van der Waals surface area contributed by atoms with Crippen molar-refractivity contribution in [3.8, 4) is 0 Å². The van der Waals surface area contributed by atoms with E-state index in [0.29, 0.717) is 5.57 Å². The van der Waals surface area contributed by atoms with Gasteiger partial charge in [-0.3, -0.25) is 9.69 Å². The number of ether oxygens (including phenoxy) is 1. The Labute approximate surface area is 152 Å². The zero-order valence-corrected chi connectivity index (χ0v) is 14.8. The van der Waals surface area contributed by atoms with Gasteiger partial charge in [0.2, 0.25) is 0 Å². The second kappa shape index (κ2) is 7.07. The van der Waals surface area contributed by atoms with Crippen molar-refractivity contribution < 1.29 is 14.6 Å².